The molecule has 10 N–H and O–H groups in total. The SMILES string of the molecule is CCCCCCc1cc(C(=O)COc2ccc(C(=O)OC)cc2)c(O)cc1O.CCCCCCc1cc(C(=O)COc2ccc(C)cc2)c(O)cc1O.CCCCCCc1cc(C(=O)COc2cccc(C(=O)OC)c2)c(O)cc1O.CCCCCCc1cc(C(=O)COc2ccccc2)c(O)cc1O.CCCCCCc1cc(C(=O)COc2ccccc2C(=O)OC)c(O)cc1O. The number of aryl methyl sites for hydroxylation is 6. The minimum Gasteiger partial charge on any atom is -0.508 e. The number of carbonyl (C=O) groups is 8. The van der Waals surface area contributed by atoms with Crippen molar-refractivity contribution in [3.8, 4) is 86.2 Å². The molecule has 26 heteroatoms. The molecule has 26 nitrogen and oxygen atoms in total. The number of phenolic OH excluding ortho intramolecular Hbond substituents is 10. The Bertz CT molecular complexity index is 5370. The van der Waals surface area contributed by atoms with Crippen molar-refractivity contribution in [1.29, 1.82) is 0 Å². The van der Waals surface area contributed by atoms with Crippen LogP contribution in [0, 0.1) is 6.92 Å². The number of phenols is 10. The van der Waals surface area contributed by atoms with Crippen LogP contribution in [0.3, 0.4) is 0 Å². The molecule has 0 aliphatic rings. The van der Waals surface area contributed by atoms with Crippen LogP contribution >= 0.6 is 0 Å². The molecule has 0 radical (unpaired) electrons. The number of rotatable bonds is 48. The summed E-state index contributed by atoms with van der Waals surface area (Å²) in [5.74, 6) is -2.51. The van der Waals surface area contributed by atoms with Crippen molar-refractivity contribution < 1.29 is 127 Å². The van der Waals surface area contributed by atoms with Crippen molar-refractivity contribution in [2.75, 3.05) is 54.4 Å². The molecule has 0 unspecified atom stereocenters. The van der Waals surface area contributed by atoms with Crippen molar-refractivity contribution in [3.63, 3.8) is 0 Å². The zero-order chi connectivity index (χ0) is 97.2. The highest BCUT2D eigenvalue weighted by Gasteiger charge is 2.24. The van der Waals surface area contributed by atoms with Crippen LogP contribution in [-0.4, -0.2) is 152 Å². The third kappa shape index (κ3) is 36.7. The van der Waals surface area contributed by atoms with Crippen molar-refractivity contribution >= 4 is 46.8 Å². The van der Waals surface area contributed by atoms with E-state index in [1.807, 2.05) is 37.3 Å². The molecular weight excluding hydrogens is 1700 g/mol. The molecule has 0 fully saturated rings. The molecule has 712 valence electrons. The molecule has 0 heterocycles. The molecule has 10 aromatic rings. The maximum Gasteiger partial charge on any atom is 0.341 e. The summed E-state index contributed by atoms with van der Waals surface area (Å²) in [4.78, 5) is 97.0. The Morgan fingerprint density at radius 3 is 0.820 bits per heavy atom. The number of benzene rings is 10. The molecule has 0 amide bonds. The van der Waals surface area contributed by atoms with E-state index in [1.165, 1.54) is 94.1 Å². The Hall–Kier alpha value is -14.0. The lowest BCUT2D eigenvalue weighted by Crippen LogP contribution is -2.14. The Morgan fingerprint density at radius 1 is 0.233 bits per heavy atom. The summed E-state index contributed by atoms with van der Waals surface area (Å²) in [6.45, 7) is 11.4. The summed E-state index contributed by atoms with van der Waals surface area (Å²) in [5.41, 5.74) is 5.97. The Balaban J connectivity index is 0.000000256. The number of carbonyl (C=O) groups excluding carboxylic acids is 8. The van der Waals surface area contributed by atoms with Gasteiger partial charge in [0.2, 0.25) is 28.9 Å². The highest BCUT2D eigenvalue weighted by molar-refractivity contribution is 6.03. The highest BCUT2D eigenvalue weighted by Crippen LogP contribution is 2.36. The third-order valence-electron chi connectivity index (χ3n) is 21.4. The van der Waals surface area contributed by atoms with Gasteiger partial charge in [0, 0.05) is 30.3 Å². The number of hydrogen-bond donors (Lipinski definition) is 10. The molecule has 0 aromatic heterocycles. The van der Waals surface area contributed by atoms with E-state index in [9.17, 15) is 89.4 Å². The van der Waals surface area contributed by atoms with Crippen LogP contribution in [-0.2, 0) is 46.3 Å². The first-order chi connectivity index (χ1) is 64.0. The molecule has 0 atom stereocenters. The second-order valence-electron chi connectivity index (χ2n) is 31.8. The second-order valence-corrected chi connectivity index (χ2v) is 31.8. The van der Waals surface area contributed by atoms with Gasteiger partial charge in [0.15, 0.2) is 33.0 Å². The van der Waals surface area contributed by atoms with Gasteiger partial charge in [0.25, 0.3) is 0 Å². The van der Waals surface area contributed by atoms with E-state index in [1.54, 1.807) is 84.9 Å². The van der Waals surface area contributed by atoms with E-state index in [0.717, 1.165) is 134 Å². The second kappa shape index (κ2) is 58.6. The van der Waals surface area contributed by atoms with E-state index in [2.05, 4.69) is 44.1 Å². The molecule has 10 aromatic carbocycles. The molecule has 0 aliphatic heterocycles. The number of ketones is 5. The van der Waals surface area contributed by atoms with Gasteiger partial charge >= 0.3 is 17.9 Å². The van der Waals surface area contributed by atoms with Gasteiger partial charge in [0.1, 0.15) is 91.8 Å². The molecule has 0 aliphatic carbocycles. The van der Waals surface area contributed by atoms with Gasteiger partial charge in [-0.1, -0.05) is 185 Å². The molecule has 133 heavy (non-hydrogen) atoms. The largest absolute Gasteiger partial charge is 0.508 e. The van der Waals surface area contributed by atoms with E-state index in [0.29, 0.717) is 94.0 Å². The quantitative estimate of drug-likeness (QED) is 0.00733. The summed E-state index contributed by atoms with van der Waals surface area (Å²) in [7, 11) is 3.85. The van der Waals surface area contributed by atoms with Crippen molar-refractivity contribution in [3.05, 3.63) is 266 Å². The predicted octanol–water partition coefficient (Wildman–Crippen LogP) is 22.1. The van der Waals surface area contributed by atoms with Crippen LogP contribution in [0.5, 0.6) is 86.2 Å². The number of para-hydroxylation sites is 2. The van der Waals surface area contributed by atoms with E-state index in [-0.39, 0.29) is 141 Å². The van der Waals surface area contributed by atoms with Gasteiger partial charge in [-0.3, -0.25) is 24.0 Å². The number of esters is 3. The van der Waals surface area contributed by atoms with Gasteiger partial charge in [-0.05, 0) is 208 Å². The minimum absolute atomic E-state index is 0.00938. The zero-order valence-electron chi connectivity index (χ0n) is 77.6. The standard InChI is InChI=1S/3C22H26O6.C21H26O4.C20H24O4/c1-3-4-5-6-9-15-12-17(19(24)13-18(15)23)20(25)14-28-21-11-8-7-10-16(21)22(26)27-2;1-3-4-5-6-8-15-12-18(20(24)13-19(15)23)21(25)14-28-17-10-7-9-16(11-17)22(26)27-2;1-3-4-5-6-7-16-12-18(20(24)13-19(16)23)21(25)14-28-17-10-8-15(9-11-17)22(26)27-2;1-3-4-5-6-7-16-12-18(20(23)13-19(16)22)21(24)14-25-17-10-8-15(2)9-11-17;1-2-3-4-6-9-15-12-17(19(22)13-18(15)21)20(23)14-24-16-10-7-5-8-11-16/h7-8,10-13,23-24H,3-6,9,14H2,1-2H3;7,9-13,23-24H,3-6,8,14H2,1-2H3;8-13,23-24H,3-7,14H2,1-2H3;8-13,22-23H,3-7,14H2,1-2H3;5,7-8,10-13,21-22H,2-4,6,9,14H2,1H3. The zero-order valence-corrected chi connectivity index (χ0v) is 77.6. The van der Waals surface area contributed by atoms with Crippen LogP contribution in [0.25, 0.3) is 0 Å². The molecule has 0 saturated heterocycles. The lowest BCUT2D eigenvalue weighted by molar-refractivity contribution is 0.0587. The molecule has 0 bridgehead atoms. The monoisotopic (exact) mass is 1830 g/mol. The summed E-state index contributed by atoms with van der Waals surface area (Å²) < 4.78 is 41.3. The maximum absolute atomic E-state index is 12.5. The van der Waals surface area contributed by atoms with Crippen molar-refractivity contribution in [1.82, 2.24) is 0 Å². The first kappa shape index (κ1) is 108. The van der Waals surface area contributed by atoms with Crippen LogP contribution in [0.1, 0.15) is 279 Å². The minimum atomic E-state index is -0.565. The number of methoxy groups -OCH3 is 3. The van der Waals surface area contributed by atoms with Crippen molar-refractivity contribution in [2.45, 2.75) is 202 Å². The number of aromatic hydroxyl groups is 10. The first-order valence-electron chi connectivity index (χ1n) is 45.2. The Kier molecular flexibility index (Phi) is 47.5. The normalized spacial score (nSPS) is 10.5. The third-order valence-corrected chi connectivity index (χ3v) is 21.4. The summed E-state index contributed by atoms with van der Waals surface area (Å²) >= 11 is 0. The van der Waals surface area contributed by atoms with Gasteiger partial charge in [0.05, 0.1) is 60.3 Å². The van der Waals surface area contributed by atoms with Crippen LogP contribution in [0.4, 0.5) is 0 Å². The topological polar surface area (TPSA) is 413 Å². The lowest BCUT2D eigenvalue weighted by atomic mass is 10.0. The number of Topliss-reactive ketones (excluding diaryl/α,β-unsaturated/α-hetero) is 5. The smallest absolute Gasteiger partial charge is 0.341 e. The van der Waals surface area contributed by atoms with Crippen LogP contribution in [0.15, 0.2) is 188 Å². The van der Waals surface area contributed by atoms with Gasteiger partial charge < -0.3 is 89.0 Å². The van der Waals surface area contributed by atoms with Crippen LogP contribution in [0.2, 0.25) is 0 Å². The maximum atomic E-state index is 12.5. The fourth-order valence-electron chi connectivity index (χ4n) is 13.7. The fourth-order valence-corrected chi connectivity index (χ4v) is 13.7. The fraction of sp³-hybridized carbons (Fsp3) is 0.364. The average Bonchev–Trinajstić information content (AvgIpc) is 0.462. The molecule has 10 rings (SSSR count). The molecule has 0 saturated carbocycles. The van der Waals surface area contributed by atoms with Gasteiger partial charge in [-0.15, -0.1) is 0 Å². The predicted molar refractivity (Wildman–Crippen MR) is 508 cm³/mol. The van der Waals surface area contributed by atoms with Gasteiger partial charge in [-0.2, -0.15) is 0 Å². The van der Waals surface area contributed by atoms with E-state index in [4.69, 9.17) is 28.4 Å². The Morgan fingerprint density at radius 2 is 0.504 bits per heavy atom. The number of hydrogen-bond acceptors (Lipinski definition) is 26. The van der Waals surface area contributed by atoms with Gasteiger partial charge in [-0.25, -0.2) is 14.4 Å². The summed E-state index contributed by atoms with van der Waals surface area (Å²) in [5, 5.41) is 100. The van der Waals surface area contributed by atoms with E-state index < -0.39 is 35.3 Å². The first-order valence-corrected chi connectivity index (χ1v) is 45.2. The number of unbranched alkanes of at least 4 members (excludes halogenated alkanes) is 15. The Labute approximate surface area is 778 Å². The average molecular weight is 1830 g/mol. The molecular formula is C107H128O26. The number of ether oxygens (including phenoxy) is 8. The van der Waals surface area contributed by atoms with Crippen LogP contribution < -0.4 is 23.7 Å². The molecule has 0 spiro atoms. The lowest BCUT2D eigenvalue weighted by Gasteiger charge is -2.12. The highest BCUT2D eigenvalue weighted by atomic mass is 16.5. The van der Waals surface area contributed by atoms with Crippen molar-refractivity contribution in [2.24, 2.45) is 0 Å². The van der Waals surface area contributed by atoms with E-state index >= 15 is 0 Å². The summed E-state index contributed by atoms with van der Waals surface area (Å²) in [6, 6.07) is 49.2. The summed E-state index contributed by atoms with van der Waals surface area (Å²) in [6.07, 6.45) is 24.4.